The van der Waals surface area contributed by atoms with Gasteiger partial charge in [0, 0.05) is 6.42 Å². The molecule has 28 heavy (non-hydrogen) atoms. The van der Waals surface area contributed by atoms with Crippen molar-refractivity contribution in [2.24, 2.45) is 0 Å². The van der Waals surface area contributed by atoms with Crippen molar-refractivity contribution >= 4 is 22.6 Å². The van der Waals surface area contributed by atoms with Crippen molar-refractivity contribution < 1.29 is 23.1 Å². The molecule has 0 radical (unpaired) electrons. The first-order chi connectivity index (χ1) is 13.5. The number of ether oxygens (including phenoxy) is 1. The molecule has 0 saturated carbocycles. The third kappa shape index (κ3) is 4.71. The lowest BCUT2D eigenvalue weighted by atomic mass is 10.0. The van der Waals surface area contributed by atoms with E-state index in [1.165, 1.54) is 13.2 Å². The second kappa shape index (κ2) is 8.61. The van der Waals surface area contributed by atoms with Crippen molar-refractivity contribution in [3.8, 4) is 0 Å². The quantitative estimate of drug-likeness (QED) is 0.662. The summed E-state index contributed by atoms with van der Waals surface area (Å²) in [5.74, 6) is -3.06. The number of fused-ring (bicyclic) bond motifs is 1. The predicted octanol–water partition coefficient (Wildman–Crippen LogP) is 3.56. The first-order valence-electron chi connectivity index (χ1n) is 8.75. The molecule has 0 aliphatic heterocycles. The van der Waals surface area contributed by atoms with E-state index < -0.39 is 29.6 Å². The molecule has 1 amide bonds. The van der Waals surface area contributed by atoms with Gasteiger partial charge < -0.3 is 10.1 Å². The van der Waals surface area contributed by atoms with Gasteiger partial charge in [0.25, 0.3) is 0 Å². The lowest BCUT2D eigenvalue weighted by Crippen LogP contribution is -2.43. The molecule has 6 heteroatoms. The number of hydrogen-bond donors (Lipinski definition) is 1. The van der Waals surface area contributed by atoms with Crippen LogP contribution in [-0.4, -0.2) is 25.0 Å². The van der Waals surface area contributed by atoms with Crippen LogP contribution in [0.25, 0.3) is 10.8 Å². The Morgan fingerprint density at radius 1 is 0.929 bits per heavy atom. The average molecular weight is 383 g/mol. The molecule has 0 aliphatic carbocycles. The van der Waals surface area contributed by atoms with Gasteiger partial charge in [0.1, 0.15) is 6.04 Å². The highest BCUT2D eigenvalue weighted by Crippen LogP contribution is 2.17. The highest BCUT2D eigenvalue weighted by Gasteiger charge is 2.22. The predicted molar refractivity (Wildman–Crippen MR) is 102 cm³/mol. The molecule has 1 N–H and O–H groups in total. The van der Waals surface area contributed by atoms with E-state index in [2.05, 4.69) is 5.32 Å². The van der Waals surface area contributed by atoms with E-state index in [1.54, 1.807) is 0 Å². The average Bonchev–Trinajstić information content (AvgIpc) is 2.69. The maximum Gasteiger partial charge on any atom is 0.328 e. The second-order valence-corrected chi connectivity index (χ2v) is 6.45. The maximum absolute atomic E-state index is 13.3. The van der Waals surface area contributed by atoms with E-state index >= 15 is 0 Å². The number of amides is 1. The summed E-state index contributed by atoms with van der Waals surface area (Å²) in [5.41, 5.74) is 1.17. The van der Waals surface area contributed by atoms with Crippen molar-refractivity contribution in [3.05, 3.63) is 83.4 Å². The van der Waals surface area contributed by atoms with Crippen LogP contribution in [-0.2, 0) is 27.2 Å². The minimum absolute atomic E-state index is 0.178. The van der Waals surface area contributed by atoms with Gasteiger partial charge in [-0.3, -0.25) is 4.79 Å². The van der Waals surface area contributed by atoms with E-state index in [0.29, 0.717) is 5.56 Å². The van der Waals surface area contributed by atoms with Crippen molar-refractivity contribution in [2.45, 2.75) is 18.9 Å². The molecule has 3 rings (SSSR count). The smallest absolute Gasteiger partial charge is 0.328 e. The molecule has 1 atom stereocenters. The lowest BCUT2D eigenvalue weighted by Gasteiger charge is -2.17. The fourth-order valence-electron chi connectivity index (χ4n) is 3.02. The van der Waals surface area contributed by atoms with Crippen molar-refractivity contribution in [3.63, 3.8) is 0 Å². The molecule has 0 saturated heterocycles. The number of halogens is 2. The van der Waals surface area contributed by atoms with Crippen molar-refractivity contribution in [1.82, 2.24) is 5.32 Å². The Labute approximate surface area is 161 Å². The number of carbonyl (C=O) groups excluding carboxylic acids is 2. The van der Waals surface area contributed by atoms with Crippen molar-refractivity contribution in [2.75, 3.05) is 7.11 Å². The van der Waals surface area contributed by atoms with Gasteiger partial charge in [-0.2, -0.15) is 0 Å². The Balaban J connectivity index is 1.72. The molecule has 0 aromatic heterocycles. The maximum atomic E-state index is 13.3. The van der Waals surface area contributed by atoms with Crippen LogP contribution < -0.4 is 5.32 Å². The summed E-state index contributed by atoms with van der Waals surface area (Å²) < 4.78 is 31.1. The number of esters is 1. The zero-order valence-electron chi connectivity index (χ0n) is 15.2. The Morgan fingerprint density at radius 3 is 2.36 bits per heavy atom. The molecule has 0 bridgehead atoms. The van der Waals surface area contributed by atoms with Gasteiger partial charge in [-0.25, -0.2) is 13.6 Å². The van der Waals surface area contributed by atoms with Crippen LogP contribution in [0.1, 0.15) is 11.1 Å². The van der Waals surface area contributed by atoms with Crippen molar-refractivity contribution in [1.29, 1.82) is 0 Å². The summed E-state index contributed by atoms with van der Waals surface area (Å²) >= 11 is 0. The van der Waals surface area contributed by atoms with E-state index in [9.17, 15) is 18.4 Å². The molecule has 144 valence electrons. The summed E-state index contributed by atoms with van der Waals surface area (Å²) in [6.45, 7) is 0. The van der Waals surface area contributed by atoms with Crippen LogP contribution >= 0.6 is 0 Å². The van der Waals surface area contributed by atoms with Gasteiger partial charge >= 0.3 is 5.97 Å². The van der Waals surface area contributed by atoms with Gasteiger partial charge in [-0.05, 0) is 34.0 Å². The number of nitrogens with one attached hydrogen (secondary N) is 1. The number of methoxy groups -OCH3 is 1. The van der Waals surface area contributed by atoms with E-state index in [4.69, 9.17) is 4.74 Å². The van der Waals surface area contributed by atoms with Crippen LogP contribution in [0.15, 0.2) is 60.7 Å². The number of hydrogen-bond acceptors (Lipinski definition) is 3. The van der Waals surface area contributed by atoms with Crippen LogP contribution in [0.4, 0.5) is 8.78 Å². The molecular weight excluding hydrogens is 364 g/mol. The monoisotopic (exact) mass is 383 g/mol. The van der Waals surface area contributed by atoms with Gasteiger partial charge in [0.15, 0.2) is 11.6 Å². The molecular formula is C22H19F2NO3. The minimum atomic E-state index is -1.02. The number of benzene rings is 3. The second-order valence-electron chi connectivity index (χ2n) is 6.45. The van der Waals surface area contributed by atoms with Gasteiger partial charge in [-0.15, -0.1) is 0 Å². The Hall–Kier alpha value is -3.28. The molecule has 3 aromatic carbocycles. The zero-order valence-corrected chi connectivity index (χ0v) is 15.2. The van der Waals surface area contributed by atoms with Crippen LogP contribution in [0.3, 0.4) is 0 Å². The summed E-state index contributed by atoms with van der Waals surface area (Å²) in [4.78, 5) is 24.4. The first-order valence-corrected chi connectivity index (χ1v) is 8.75. The number of carbonyl (C=O) groups is 2. The molecule has 0 fully saturated rings. The Kier molecular flexibility index (Phi) is 5.99. The van der Waals surface area contributed by atoms with E-state index in [0.717, 1.165) is 28.5 Å². The third-order valence-electron chi connectivity index (χ3n) is 4.42. The van der Waals surface area contributed by atoms with Gasteiger partial charge in [0.05, 0.1) is 13.5 Å². The Morgan fingerprint density at radius 2 is 1.64 bits per heavy atom. The van der Waals surface area contributed by atoms with E-state index in [1.807, 2.05) is 42.5 Å². The van der Waals surface area contributed by atoms with Gasteiger partial charge in [-0.1, -0.05) is 48.5 Å². The summed E-state index contributed by atoms with van der Waals surface area (Å²) in [5, 5.41) is 4.71. The fraction of sp³-hybridized carbons (Fsp3) is 0.182. The Bertz CT molecular complexity index is 1020. The lowest BCUT2D eigenvalue weighted by molar-refractivity contribution is -0.145. The van der Waals surface area contributed by atoms with Crippen LogP contribution in [0.5, 0.6) is 0 Å². The number of rotatable bonds is 6. The topological polar surface area (TPSA) is 55.4 Å². The molecule has 0 unspecified atom stereocenters. The minimum Gasteiger partial charge on any atom is -0.467 e. The standard InChI is InChI=1S/C22H19F2NO3/c1-28-22(27)20(12-14-6-8-16-4-2-3-5-17(16)10-14)25-21(26)13-15-7-9-18(23)19(24)11-15/h2-11,20H,12-13H2,1H3,(H,25,26)/t20-/m1/s1. The summed E-state index contributed by atoms with van der Waals surface area (Å²) in [6, 6.07) is 16.0. The highest BCUT2D eigenvalue weighted by atomic mass is 19.2. The first kappa shape index (κ1) is 19.5. The highest BCUT2D eigenvalue weighted by molar-refractivity contribution is 5.86. The fourth-order valence-corrected chi connectivity index (χ4v) is 3.02. The molecule has 0 aliphatic rings. The summed E-state index contributed by atoms with van der Waals surface area (Å²) in [6.07, 6.45) is 0.0729. The zero-order chi connectivity index (χ0) is 20.1. The normalized spacial score (nSPS) is 11.8. The molecule has 3 aromatic rings. The molecule has 4 nitrogen and oxygen atoms in total. The third-order valence-corrected chi connectivity index (χ3v) is 4.42. The summed E-state index contributed by atoms with van der Waals surface area (Å²) in [7, 11) is 1.25. The molecule has 0 spiro atoms. The van der Waals surface area contributed by atoms with Crippen LogP contribution in [0.2, 0.25) is 0 Å². The largest absolute Gasteiger partial charge is 0.467 e. The van der Waals surface area contributed by atoms with Crippen LogP contribution in [0, 0.1) is 11.6 Å². The molecule has 0 heterocycles. The SMILES string of the molecule is COC(=O)[C@@H](Cc1ccc2ccccc2c1)NC(=O)Cc1ccc(F)c(F)c1. The van der Waals surface area contributed by atoms with Gasteiger partial charge in [0.2, 0.25) is 5.91 Å². The van der Waals surface area contributed by atoms with E-state index in [-0.39, 0.29) is 12.8 Å².